The highest BCUT2D eigenvalue weighted by Crippen LogP contribution is 2.38. The summed E-state index contributed by atoms with van der Waals surface area (Å²) in [6, 6.07) is 17.3. The van der Waals surface area contributed by atoms with E-state index in [0.29, 0.717) is 27.7 Å². The number of aromatic hydroxyl groups is 1. The van der Waals surface area contributed by atoms with E-state index in [1.54, 1.807) is 48.1 Å². The minimum atomic E-state index is -0.348. The first-order chi connectivity index (χ1) is 17.9. The zero-order chi connectivity index (χ0) is 25.9. The van der Waals surface area contributed by atoms with Crippen LogP contribution < -0.4 is 10.6 Å². The van der Waals surface area contributed by atoms with E-state index in [4.69, 9.17) is 11.6 Å². The van der Waals surface area contributed by atoms with Crippen molar-refractivity contribution in [3.8, 4) is 17.0 Å². The van der Waals surface area contributed by atoms with Gasteiger partial charge in [0.15, 0.2) is 0 Å². The Hall–Kier alpha value is -4.04. The van der Waals surface area contributed by atoms with Crippen LogP contribution >= 0.6 is 11.6 Å². The highest BCUT2D eigenvalue weighted by Gasteiger charge is 2.26. The van der Waals surface area contributed by atoms with Gasteiger partial charge in [0.25, 0.3) is 5.91 Å². The summed E-state index contributed by atoms with van der Waals surface area (Å²) in [6.45, 7) is 0.276. The van der Waals surface area contributed by atoms with Crippen molar-refractivity contribution in [2.75, 3.05) is 5.32 Å². The fourth-order valence-electron chi connectivity index (χ4n) is 4.81. The summed E-state index contributed by atoms with van der Waals surface area (Å²) >= 11 is 6.24. The number of halogens is 1. The number of nitrogens with one attached hydrogen (secondary N) is 2. The van der Waals surface area contributed by atoms with Crippen LogP contribution in [0.4, 0.5) is 10.5 Å². The van der Waals surface area contributed by atoms with Crippen molar-refractivity contribution in [2.45, 2.75) is 38.1 Å². The number of aryl methyl sites for hydroxylation is 1. The molecule has 1 fully saturated rings. The lowest BCUT2D eigenvalue weighted by Gasteiger charge is -2.12. The molecule has 1 aliphatic carbocycles. The molecule has 0 spiro atoms. The van der Waals surface area contributed by atoms with Gasteiger partial charge in [0, 0.05) is 48.0 Å². The Morgan fingerprint density at radius 3 is 2.57 bits per heavy atom. The van der Waals surface area contributed by atoms with Gasteiger partial charge in [-0.1, -0.05) is 42.6 Å². The molecule has 1 aliphatic rings. The Labute approximate surface area is 219 Å². The number of anilines is 1. The van der Waals surface area contributed by atoms with Gasteiger partial charge in [0.05, 0.1) is 11.4 Å². The number of phenolic OH excluding ortho intramolecular Hbond substituents is 1. The predicted molar refractivity (Wildman–Crippen MR) is 143 cm³/mol. The first kappa shape index (κ1) is 24.6. The molecule has 2 aromatic heterocycles. The summed E-state index contributed by atoms with van der Waals surface area (Å²) in [5.74, 6) is -0.0929. The zero-order valence-electron chi connectivity index (χ0n) is 20.4. The molecule has 0 bridgehead atoms. The number of carbonyl (C=O) groups excluding carboxylic acids is 2. The Kier molecular flexibility index (Phi) is 7.01. The van der Waals surface area contributed by atoms with E-state index in [0.717, 1.165) is 36.9 Å². The van der Waals surface area contributed by atoms with Crippen molar-refractivity contribution in [3.63, 3.8) is 0 Å². The van der Waals surface area contributed by atoms with E-state index in [2.05, 4.69) is 15.7 Å². The molecule has 0 saturated heterocycles. The minimum absolute atomic E-state index is 0.0382. The molecule has 3 N–H and O–H groups in total. The highest BCUT2D eigenvalue weighted by atomic mass is 35.5. The van der Waals surface area contributed by atoms with Crippen molar-refractivity contribution in [1.82, 2.24) is 19.7 Å². The topological polar surface area (TPSA) is 101 Å². The van der Waals surface area contributed by atoms with Gasteiger partial charge in [-0.15, -0.1) is 0 Å². The van der Waals surface area contributed by atoms with Crippen LogP contribution in [0, 0.1) is 0 Å². The number of phenols is 1. The van der Waals surface area contributed by atoms with Crippen LogP contribution in [-0.4, -0.2) is 31.4 Å². The van der Waals surface area contributed by atoms with Crippen LogP contribution in [0.25, 0.3) is 11.3 Å². The lowest BCUT2D eigenvalue weighted by atomic mass is 10.0. The number of carbonyl (C=O) groups is 2. The van der Waals surface area contributed by atoms with Crippen LogP contribution in [0.3, 0.4) is 0 Å². The third-order valence-electron chi connectivity index (χ3n) is 6.80. The minimum Gasteiger partial charge on any atom is -0.507 e. The summed E-state index contributed by atoms with van der Waals surface area (Å²) < 4.78 is 3.13. The fourth-order valence-corrected chi connectivity index (χ4v) is 5.01. The average Bonchev–Trinajstić information content (AvgIpc) is 3.64. The molecule has 0 unspecified atom stereocenters. The van der Waals surface area contributed by atoms with Gasteiger partial charge in [-0.05, 0) is 54.8 Å². The summed E-state index contributed by atoms with van der Waals surface area (Å²) in [5, 5.41) is 21.7. The molecule has 4 aromatic rings. The van der Waals surface area contributed by atoms with E-state index in [9.17, 15) is 14.7 Å². The monoisotopic (exact) mass is 517 g/mol. The molecule has 0 aliphatic heterocycles. The normalized spacial score (nSPS) is 13.6. The third kappa shape index (κ3) is 5.24. The molecular formula is C28H28ClN5O3. The molecule has 190 valence electrons. The van der Waals surface area contributed by atoms with E-state index in [1.165, 1.54) is 10.7 Å². The second kappa shape index (κ2) is 10.5. The van der Waals surface area contributed by atoms with Gasteiger partial charge in [-0.3, -0.25) is 4.79 Å². The molecule has 9 heteroatoms. The lowest BCUT2D eigenvalue weighted by molar-refractivity contribution is 0.101. The SMILES string of the molecule is Cn1cccc1C(=O)Nc1ccc(-c2cc(C3CCCC3)n(C(=O)NCc3ccccc3Cl)n2)c(O)c1. The molecule has 37 heavy (non-hydrogen) atoms. The molecule has 0 atom stereocenters. The number of hydrogen-bond donors (Lipinski definition) is 3. The number of hydrogen-bond acceptors (Lipinski definition) is 4. The second-order valence-corrected chi connectivity index (χ2v) is 9.70. The maximum atomic E-state index is 13.2. The van der Waals surface area contributed by atoms with Crippen molar-refractivity contribution >= 4 is 29.2 Å². The van der Waals surface area contributed by atoms with Gasteiger partial charge in [0.2, 0.25) is 0 Å². The molecule has 2 aromatic carbocycles. The van der Waals surface area contributed by atoms with Crippen LogP contribution in [0.15, 0.2) is 66.9 Å². The maximum Gasteiger partial charge on any atom is 0.342 e. The van der Waals surface area contributed by atoms with Gasteiger partial charge in [-0.2, -0.15) is 9.78 Å². The molecule has 0 radical (unpaired) electrons. The number of rotatable bonds is 6. The first-order valence-corrected chi connectivity index (χ1v) is 12.7. The van der Waals surface area contributed by atoms with E-state index >= 15 is 0 Å². The van der Waals surface area contributed by atoms with Gasteiger partial charge < -0.3 is 20.3 Å². The summed E-state index contributed by atoms with van der Waals surface area (Å²) in [7, 11) is 1.79. The van der Waals surface area contributed by atoms with Crippen molar-refractivity contribution in [2.24, 2.45) is 7.05 Å². The van der Waals surface area contributed by atoms with Gasteiger partial charge in [-0.25, -0.2) is 4.79 Å². The van der Waals surface area contributed by atoms with Crippen LogP contribution in [0.1, 0.15) is 53.3 Å². The second-order valence-electron chi connectivity index (χ2n) is 9.29. The van der Waals surface area contributed by atoms with Crippen molar-refractivity contribution in [3.05, 3.63) is 88.8 Å². The van der Waals surface area contributed by atoms with Crippen molar-refractivity contribution in [1.29, 1.82) is 0 Å². The largest absolute Gasteiger partial charge is 0.507 e. The average molecular weight is 518 g/mol. The summed E-state index contributed by atoms with van der Waals surface area (Å²) in [6.07, 6.45) is 5.97. The molecule has 5 rings (SSSR count). The van der Waals surface area contributed by atoms with E-state index in [-0.39, 0.29) is 30.2 Å². The van der Waals surface area contributed by atoms with E-state index in [1.807, 2.05) is 24.3 Å². The Balaban J connectivity index is 1.39. The molecule has 2 amide bonds. The van der Waals surface area contributed by atoms with Crippen molar-refractivity contribution < 1.29 is 14.7 Å². The van der Waals surface area contributed by atoms with Crippen LogP contribution in [0.5, 0.6) is 5.75 Å². The molecule has 1 saturated carbocycles. The smallest absolute Gasteiger partial charge is 0.342 e. The maximum absolute atomic E-state index is 13.2. The first-order valence-electron chi connectivity index (χ1n) is 12.3. The highest BCUT2D eigenvalue weighted by molar-refractivity contribution is 6.31. The predicted octanol–water partition coefficient (Wildman–Crippen LogP) is 5.92. The summed E-state index contributed by atoms with van der Waals surface area (Å²) in [4.78, 5) is 25.7. The number of amides is 2. The lowest BCUT2D eigenvalue weighted by Crippen LogP contribution is -2.30. The van der Waals surface area contributed by atoms with Crippen LogP contribution in [-0.2, 0) is 13.6 Å². The Morgan fingerprint density at radius 2 is 1.86 bits per heavy atom. The number of benzene rings is 2. The van der Waals surface area contributed by atoms with Gasteiger partial charge in [0.1, 0.15) is 11.4 Å². The quantitative estimate of drug-likeness (QED) is 0.295. The van der Waals surface area contributed by atoms with Crippen LogP contribution in [0.2, 0.25) is 5.02 Å². The summed E-state index contributed by atoms with van der Waals surface area (Å²) in [5.41, 5.74) is 3.58. The Bertz CT molecular complexity index is 1450. The Morgan fingerprint density at radius 1 is 1.08 bits per heavy atom. The third-order valence-corrected chi connectivity index (χ3v) is 7.17. The molecule has 8 nitrogen and oxygen atoms in total. The van der Waals surface area contributed by atoms with Gasteiger partial charge >= 0.3 is 6.03 Å². The zero-order valence-corrected chi connectivity index (χ0v) is 21.2. The molecule has 2 heterocycles. The fraction of sp³-hybridized carbons (Fsp3) is 0.250. The van der Waals surface area contributed by atoms with E-state index < -0.39 is 0 Å². The molecular weight excluding hydrogens is 490 g/mol. The standard InChI is InChI=1S/C28H28ClN5O3/c1-33-14-6-11-24(33)27(36)31-20-12-13-21(26(35)15-20)23-16-25(18-7-2-3-8-18)34(32-23)28(37)30-17-19-9-4-5-10-22(19)29/h4-6,9-16,18,35H,2-3,7-8,17H2,1H3,(H,30,37)(H,31,36). The number of aromatic nitrogens is 3. The number of nitrogens with zero attached hydrogens (tertiary/aromatic N) is 3.